The van der Waals surface area contributed by atoms with Crippen molar-refractivity contribution in [3.05, 3.63) is 24.3 Å². The quantitative estimate of drug-likeness (QED) is 0.803. The molecule has 0 aliphatic carbocycles. The van der Waals surface area contributed by atoms with Crippen LogP contribution in [-0.4, -0.2) is 49.6 Å². The first kappa shape index (κ1) is 15.6. The van der Waals surface area contributed by atoms with Crippen molar-refractivity contribution in [3.8, 4) is 0 Å². The summed E-state index contributed by atoms with van der Waals surface area (Å²) in [6, 6.07) is 8.24. The molecular weight excluding hydrogens is 264 g/mol. The summed E-state index contributed by atoms with van der Waals surface area (Å²) < 4.78 is 0. The van der Waals surface area contributed by atoms with E-state index in [1.54, 1.807) is 0 Å². The molecule has 5 nitrogen and oxygen atoms in total. The van der Waals surface area contributed by atoms with Crippen LogP contribution in [0.4, 0.5) is 11.4 Å². The number of nitrogens with zero attached hydrogens (tertiary/aromatic N) is 2. The molecule has 0 unspecified atom stereocenters. The van der Waals surface area contributed by atoms with Gasteiger partial charge in [-0.1, -0.05) is 6.07 Å². The maximum atomic E-state index is 11.7. The highest BCUT2D eigenvalue weighted by molar-refractivity contribution is 5.76. The van der Waals surface area contributed by atoms with E-state index in [1.807, 2.05) is 32.0 Å². The van der Waals surface area contributed by atoms with Crippen LogP contribution < -0.4 is 16.0 Å². The molecule has 1 aliphatic heterocycles. The van der Waals surface area contributed by atoms with Crippen molar-refractivity contribution in [3.63, 3.8) is 0 Å². The molecule has 1 aromatic carbocycles. The van der Waals surface area contributed by atoms with E-state index in [9.17, 15) is 4.79 Å². The largest absolute Gasteiger partial charge is 0.399 e. The molecule has 1 aliphatic rings. The van der Waals surface area contributed by atoms with Crippen molar-refractivity contribution in [1.82, 2.24) is 10.2 Å². The van der Waals surface area contributed by atoms with Gasteiger partial charge in [0.15, 0.2) is 0 Å². The average Bonchev–Trinajstić information content (AvgIpc) is 2.45. The van der Waals surface area contributed by atoms with Crippen molar-refractivity contribution in [2.24, 2.45) is 0 Å². The molecule has 1 amide bonds. The Morgan fingerprint density at radius 1 is 1.29 bits per heavy atom. The molecule has 2 rings (SSSR count). The topological polar surface area (TPSA) is 61.6 Å². The van der Waals surface area contributed by atoms with Crippen LogP contribution in [0.25, 0.3) is 0 Å². The number of hydrogen-bond acceptors (Lipinski definition) is 4. The Morgan fingerprint density at radius 3 is 2.62 bits per heavy atom. The van der Waals surface area contributed by atoms with Crippen LogP contribution in [0.3, 0.4) is 0 Å². The van der Waals surface area contributed by atoms with Gasteiger partial charge in [-0.15, -0.1) is 0 Å². The molecule has 0 atom stereocenters. The number of amides is 1. The van der Waals surface area contributed by atoms with Crippen molar-refractivity contribution in [1.29, 1.82) is 0 Å². The third-order valence-electron chi connectivity index (χ3n) is 3.71. The molecule has 1 heterocycles. The second-order valence-electron chi connectivity index (χ2n) is 5.90. The molecule has 1 fully saturated rings. The SMILES string of the molecule is CC(C)NC(=O)CCN1CCN(c2cccc(N)c2)CC1. The maximum Gasteiger partial charge on any atom is 0.221 e. The van der Waals surface area contributed by atoms with Gasteiger partial charge in [0.25, 0.3) is 0 Å². The van der Waals surface area contributed by atoms with Crippen LogP contribution in [0.5, 0.6) is 0 Å². The van der Waals surface area contributed by atoms with Gasteiger partial charge in [0.05, 0.1) is 0 Å². The highest BCUT2D eigenvalue weighted by atomic mass is 16.1. The van der Waals surface area contributed by atoms with Gasteiger partial charge in [-0.25, -0.2) is 0 Å². The van der Waals surface area contributed by atoms with E-state index in [2.05, 4.69) is 21.2 Å². The van der Waals surface area contributed by atoms with Crippen LogP contribution in [0.15, 0.2) is 24.3 Å². The van der Waals surface area contributed by atoms with Crippen molar-refractivity contribution < 1.29 is 4.79 Å². The van der Waals surface area contributed by atoms with Crippen LogP contribution >= 0.6 is 0 Å². The number of nitrogen functional groups attached to an aromatic ring is 1. The van der Waals surface area contributed by atoms with Gasteiger partial charge < -0.3 is 16.0 Å². The van der Waals surface area contributed by atoms with Gasteiger partial charge in [-0.2, -0.15) is 0 Å². The first-order valence-electron chi connectivity index (χ1n) is 7.67. The molecule has 1 saturated heterocycles. The Balaban J connectivity index is 1.74. The maximum absolute atomic E-state index is 11.7. The normalized spacial score (nSPS) is 16.2. The highest BCUT2D eigenvalue weighted by Gasteiger charge is 2.17. The average molecular weight is 290 g/mol. The summed E-state index contributed by atoms with van der Waals surface area (Å²) in [4.78, 5) is 16.4. The van der Waals surface area contributed by atoms with E-state index < -0.39 is 0 Å². The van der Waals surface area contributed by atoms with Gasteiger partial charge in [0.1, 0.15) is 0 Å². The molecule has 0 radical (unpaired) electrons. The van der Waals surface area contributed by atoms with Crippen LogP contribution in [0.2, 0.25) is 0 Å². The Kier molecular flexibility index (Phi) is 5.44. The standard InChI is InChI=1S/C16H26N4O/c1-13(2)18-16(21)6-7-19-8-10-20(11-9-19)15-5-3-4-14(17)12-15/h3-5,12-13H,6-11,17H2,1-2H3,(H,18,21). The van der Waals surface area contributed by atoms with Gasteiger partial charge in [-0.05, 0) is 32.0 Å². The molecule has 0 spiro atoms. The minimum atomic E-state index is 0.142. The van der Waals surface area contributed by atoms with E-state index in [0.29, 0.717) is 6.42 Å². The number of carbonyl (C=O) groups excluding carboxylic acids is 1. The second kappa shape index (κ2) is 7.31. The minimum absolute atomic E-state index is 0.142. The molecule has 0 bridgehead atoms. The zero-order valence-corrected chi connectivity index (χ0v) is 13.0. The number of rotatable bonds is 5. The predicted molar refractivity (Wildman–Crippen MR) is 87.4 cm³/mol. The smallest absolute Gasteiger partial charge is 0.221 e. The Bertz CT molecular complexity index is 467. The Morgan fingerprint density at radius 2 is 2.00 bits per heavy atom. The Hall–Kier alpha value is -1.75. The summed E-state index contributed by atoms with van der Waals surface area (Å²) in [7, 11) is 0. The Labute approximate surface area is 127 Å². The van der Waals surface area contributed by atoms with Crippen LogP contribution in [0, 0.1) is 0 Å². The third-order valence-corrected chi connectivity index (χ3v) is 3.71. The van der Waals surface area contributed by atoms with E-state index in [1.165, 1.54) is 5.69 Å². The van der Waals surface area contributed by atoms with Crippen LogP contribution in [-0.2, 0) is 4.79 Å². The number of nitrogens with one attached hydrogen (secondary N) is 1. The minimum Gasteiger partial charge on any atom is -0.399 e. The van der Waals surface area contributed by atoms with Gasteiger partial charge >= 0.3 is 0 Å². The fourth-order valence-corrected chi connectivity index (χ4v) is 2.60. The molecule has 1 aromatic rings. The van der Waals surface area contributed by atoms with Crippen molar-refractivity contribution >= 4 is 17.3 Å². The summed E-state index contributed by atoms with van der Waals surface area (Å²) in [5.74, 6) is 0.142. The number of anilines is 2. The predicted octanol–water partition coefficient (Wildman–Crippen LogP) is 1.31. The fraction of sp³-hybridized carbons (Fsp3) is 0.562. The first-order chi connectivity index (χ1) is 10.0. The van der Waals surface area contributed by atoms with E-state index >= 15 is 0 Å². The molecule has 116 valence electrons. The number of carbonyl (C=O) groups is 1. The number of hydrogen-bond donors (Lipinski definition) is 2. The molecule has 0 aromatic heterocycles. The molecular formula is C16H26N4O. The van der Waals surface area contributed by atoms with E-state index in [-0.39, 0.29) is 11.9 Å². The number of piperazine rings is 1. The van der Waals surface area contributed by atoms with E-state index in [0.717, 1.165) is 38.4 Å². The zero-order valence-electron chi connectivity index (χ0n) is 13.0. The fourth-order valence-electron chi connectivity index (χ4n) is 2.60. The lowest BCUT2D eigenvalue weighted by atomic mass is 10.2. The number of nitrogens with two attached hydrogens (primary N) is 1. The lowest BCUT2D eigenvalue weighted by Gasteiger charge is -2.36. The number of benzene rings is 1. The molecule has 0 saturated carbocycles. The van der Waals surface area contributed by atoms with Gasteiger partial charge in [0.2, 0.25) is 5.91 Å². The monoisotopic (exact) mass is 290 g/mol. The lowest BCUT2D eigenvalue weighted by molar-refractivity contribution is -0.121. The first-order valence-corrected chi connectivity index (χ1v) is 7.67. The van der Waals surface area contributed by atoms with Crippen molar-refractivity contribution in [2.45, 2.75) is 26.3 Å². The summed E-state index contributed by atoms with van der Waals surface area (Å²) in [6.45, 7) is 8.76. The summed E-state index contributed by atoms with van der Waals surface area (Å²) in [5.41, 5.74) is 7.82. The van der Waals surface area contributed by atoms with Gasteiger partial charge in [-0.3, -0.25) is 9.69 Å². The van der Waals surface area contributed by atoms with E-state index in [4.69, 9.17) is 5.73 Å². The summed E-state index contributed by atoms with van der Waals surface area (Å²) in [6.07, 6.45) is 0.580. The van der Waals surface area contributed by atoms with Crippen molar-refractivity contribution in [2.75, 3.05) is 43.4 Å². The highest BCUT2D eigenvalue weighted by Crippen LogP contribution is 2.19. The summed E-state index contributed by atoms with van der Waals surface area (Å²) >= 11 is 0. The zero-order chi connectivity index (χ0) is 15.2. The summed E-state index contributed by atoms with van der Waals surface area (Å²) in [5, 5.41) is 2.93. The second-order valence-corrected chi connectivity index (χ2v) is 5.90. The molecule has 3 N–H and O–H groups in total. The van der Waals surface area contributed by atoms with Gasteiger partial charge in [0, 0.05) is 56.6 Å². The lowest BCUT2D eigenvalue weighted by Crippen LogP contribution is -2.47. The molecule has 21 heavy (non-hydrogen) atoms. The third kappa shape index (κ3) is 4.93. The molecule has 5 heteroatoms. The van der Waals surface area contributed by atoms with Crippen LogP contribution in [0.1, 0.15) is 20.3 Å².